The van der Waals surface area contributed by atoms with Crippen molar-refractivity contribution >= 4 is 17.6 Å². The van der Waals surface area contributed by atoms with Gasteiger partial charge in [0.1, 0.15) is 11.5 Å². The molecule has 0 unspecified atom stereocenters. The van der Waals surface area contributed by atoms with Crippen LogP contribution in [0.1, 0.15) is 26.5 Å². The van der Waals surface area contributed by atoms with Crippen molar-refractivity contribution < 1.29 is 19.1 Å². The first-order valence-corrected chi connectivity index (χ1v) is 7.33. The summed E-state index contributed by atoms with van der Waals surface area (Å²) in [5, 5.41) is 13.6. The number of amides is 1. The van der Waals surface area contributed by atoms with Gasteiger partial charge in [-0.3, -0.25) is 4.79 Å². The van der Waals surface area contributed by atoms with Gasteiger partial charge in [0.15, 0.2) is 0 Å². The van der Waals surface area contributed by atoms with Crippen LogP contribution >= 0.6 is 0 Å². The Bertz CT molecular complexity index is 897. The molecule has 0 aliphatic rings. The molecule has 1 amide bonds. The molecular formula is C19H14NO4-. The molecule has 5 heteroatoms. The van der Waals surface area contributed by atoms with E-state index in [1.54, 1.807) is 25.1 Å². The fourth-order valence-corrected chi connectivity index (χ4v) is 2.37. The second kappa shape index (κ2) is 6.42. The van der Waals surface area contributed by atoms with Crippen LogP contribution in [0.2, 0.25) is 0 Å². The minimum absolute atomic E-state index is 0.00156. The Morgan fingerprint density at radius 3 is 2.46 bits per heavy atom. The lowest BCUT2D eigenvalue weighted by Crippen LogP contribution is -2.22. The first-order chi connectivity index (χ1) is 11.5. The van der Waals surface area contributed by atoms with Crippen LogP contribution in [-0.4, -0.2) is 11.9 Å². The maximum absolute atomic E-state index is 12.4. The van der Waals surface area contributed by atoms with Crippen LogP contribution in [0.25, 0.3) is 11.3 Å². The molecule has 1 aromatic heterocycles. The van der Waals surface area contributed by atoms with E-state index in [0.29, 0.717) is 22.8 Å². The predicted molar refractivity (Wildman–Crippen MR) is 87.6 cm³/mol. The van der Waals surface area contributed by atoms with Crippen LogP contribution in [0.15, 0.2) is 65.1 Å². The summed E-state index contributed by atoms with van der Waals surface area (Å²) in [6, 6.07) is 17.0. The lowest BCUT2D eigenvalue weighted by molar-refractivity contribution is -0.255. The molecule has 2 aromatic carbocycles. The van der Waals surface area contributed by atoms with E-state index in [4.69, 9.17) is 4.42 Å². The van der Waals surface area contributed by atoms with Gasteiger partial charge in [0.2, 0.25) is 0 Å². The molecule has 0 aliphatic carbocycles. The van der Waals surface area contributed by atoms with Crippen molar-refractivity contribution in [2.24, 2.45) is 0 Å². The largest absolute Gasteiger partial charge is 0.545 e. The summed E-state index contributed by atoms with van der Waals surface area (Å²) in [5.74, 6) is -0.574. The zero-order chi connectivity index (χ0) is 17.1. The number of aryl methyl sites for hydroxylation is 1. The van der Waals surface area contributed by atoms with Gasteiger partial charge in [0.05, 0.1) is 11.5 Å². The minimum Gasteiger partial charge on any atom is -0.545 e. The number of carbonyl (C=O) groups excluding carboxylic acids is 2. The molecule has 0 saturated heterocycles. The number of carboxylic acids is 1. The Morgan fingerprint density at radius 1 is 1.00 bits per heavy atom. The highest BCUT2D eigenvalue weighted by atomic mass is 16.4. The van der Waals surface area contributed by atoms with E-state index in [9.17, 15) is 14.7 Å². The standard InChI is InChI=1S/C19H15NO4/c1-12-16(11-17(24-12)13-6-3-2-4-7-13)18(21)20-15-9-5-8-14(10-15)19(22)23/h2-11H,1H3,(H,20,21)(H,22,23)/p-1. The molecule has 1 N–H and O–H groups in total. The molecule has 0 spiro atoms. The third kappa shape index (κ3) is 3.20. The number of carboxylic acid groups (broad SMARTS) is 1. The maximum atomic E-state index is 12.4. The van der Waals surface area contributed by atoms with Crippen molar-refractivity contribution in [2.75, 3.05) is 5.32 Å². The fraction of sp³-hybridized carbons (Fsp3) is 0.0526. The Morgan fingerprint density at radius 2 is 1.75 bits per heavy atom. The van der Waals surface area contributed by atoms with E-state index < -0.39 is 5.97 Å². The van der Waals surface area contributed by atoms with Crippen LogP contribution in [0.3, 0.4) is 0 Å². The van der Waals surface area contributed by atoms with Crippen LogP contribution in [0.5, 0.6) is 0 Å². The topological polar surface area (TPSA) is 82.4 Å². The molecule has 0 fully saturated rings. The SMILES string of the molecule is Cc1oc(-c2ccccc2)cc1C(=O)Nc1cccc(C(=O)[O-])c1. The van der Waals surface area contributed by atoms with Gasteiger partial charge in [0, 0.05) is 11.3 Å². The summed E-state index contributed by atoms with van der Waals surface area (Å²) in [5.41, 5.74) is 1.65. The maximum Gasteiger partial charge on any atom is 0.259 e. The quantitative estimate of drug-likeness (QED) is 0.801. The molecule has 3 rings (SSSR count). The zero-order valence-electron chi connectivity index (χ0n) is 12.9. The summed E-state index contributed by atoms with van der Waals surface area (Å²) in [6.45, 7) is 1.71. The first-order valence-electron chi connectivity index (χ1n) is 7.33. The van der Waals surface area contributed by atoms with Crippen molar-refractivity contribution in [1.29, 1.82) is 0 Å². The minimum atomic E-state index is -1.29. The first kappa shape index (κ1) is 15.6. The summed E-state index contributed by atoms with van der Waals surface area (Å²) < 4.78 is 5.66. The number of hydrogen-bond acceptors (Lipinski definition) is 4. The number of aromatic carboxylic acids is 1. The summed E-state index contributed by atoms with van der Waals surface area (Å²) in [4.78, 5) is 23.3. The van der Waals surface area contributed by atoms with Gasteiger partial charge in [-0.05, 0) is 30.7 Å². The number of hydrogen-bond donors (Lipinski definition) is 1. The van der Waals surface area contributed by atoms with Crippen molar-refractivity contribution in [3.05, 3.63) is 77.6 Å². The lowest BCUT2D eigenvalue weighted by atomic mass is 10.1. The van der Waals surface area contributed by atoms with Gasteiger partial charge in [0.25, 0.3) is 5.91 Å². The number of carbonyl (C=O) groups is 2. The van der Waals surface area contributed by atoms with Crippen molar-refractivity contribution in [1.82, 2.24) is 0 Å². The van der Waals surface area contributed by atoms with E-state index in [1.165, 1.54) is 12.1 Å². The van der Waals surface area contributed by atoms with Crippen molar-refractivity contribution in [3.8, 4) is 11.3 Å². The molecule has 1 heterocycles. The second-order valence-corrected chi connectivity index (χ2v) is 5.27. The van der Waals surface area contributed by atoms with Gasteiger partial charge >= 0.3 is 0 Å². The lowest BCUT2D eigenvalue weighted by Gasteiger charge is -2.07. The number of furan rings is 1. The molecule has 0 bridgehead atoms. The van der Waals surface area contributed by atoms with Gasteiger partial charge in [-0.15, -0.1) is 0 Å². The van der Waals surface area contributed by atoms with Crippen LogP contribution in [0.4, 0.5) is 5.69 Å². The third-order valence-corrected chi connectivity index (χ3v) is 3.58. The molecule has 0 radical (unpaired) electrons. The van der Waals surface area contributed by atoms with E-state index in [-0.39, 0.29) is 11.5 Å². The van der Waals surface area contributed by atoms with Gasteiger partial charge < -0.3 is 19.6 Å². The zero-order valence-corrected chi connectivity index (χ0v) is 12.9. The Balaban J connectivity index is 1.84. The molecule has 3 aromatic rings. The van der Waals surface area contributed by atoms with E-state index >= 15 is 0 Å². The third-order valence-electron chi connectivity index (χ3n) is 3.58. The van der Waals surface area contributed by atoms with Gasteiger partial charge in [-0.2, -0.15) is 0 Å². The average molecular weight is 320 g/mol. The average Bonchev–Trinajstić information content (AvgIpc) is 2.98. The number of benzene rings is 2. The highest BCUT2D eigenvalue weighted by Crippen LogP contribution is 2.25. The number of nitrogens with one attached hydrogen (secondary N) is 1. The smallest absolute Gasteiger partial charge is 0.259 e. The monoisotopic (exact) mass is 320 g/mol. The Hall–Kier alpha value is -3.34. The molecule has 120 valence electrons. The summed E-state index contributed by atoms with van der Waals surface area (Å²) in [7, 11) is 0. The molecular weight excluding hydrogens is 306 g/mol. The van der Waals surface area contributed by atoms with Crippen molar-refractivity contribution in [2.45, 2.75) is 6.92 Å². The van der Waals surface area contributed by atoms with E-state index in [0.717, 1.165) is 5.56 Å². The molecule has 0 aliphatic heterocycles. The molecule has 0 atom stereocenters. The molecule has 0 saturated carbocycles. The normalized spacial score (nSPS) is 10.4. The number of anilines is 1. The van der Waals surface area contributed by atoms with Gasteiger partial charge in [-0.25, -0.2) is 0 Å². The Labute approximate surface area is 138 Å². The highest BCUT2D eigenvalue weighted by Gasteiger charge is 2.16. The van der Waals surface area contributed by atoms with E-state index in [1.807, 2.05) is 30.3 Å². The molecule has 5 nitrogen and oxygen atoms in total. The molecule has 24 heavy (non-hydrogen) atoms. The van der Waals surface area contributed by atoms with Crippen molar-refractivity contribution in [3.63, 3.8) is 0 Å². The predicted octanol–water partition coefficient (Wildman–Crippen LogP) is 2.87. The number of rotatable bonds is 4. The second-order valence-electron chi connectivity index (χ2n) is 5.27. The summed E-state index contributed by atoms with van der Waals surface area (Å²) in [6.07, 6.45) is 0. The van der Waals surface area contributed by atoms with Crippen LogP contribution in [0, 0.1) is 6.92 Å². The van der Waals surface area contributed by atoms with Gasteiger partial charge in [-0.1, -0.05) is 42.5 Å². The highest BCUT2D eigenvalue weighted by molar-refractivity contribution is 6.06. The van der Waals surface area contributed by atoms with Crippen LogP contribution in [-0.2, 0) is 0 Å². The van der Waals surface area contributed by atoms with Crippen LogP contribution < -0.4 is 10.4 Å². The van der Waals surface area contributed by atoms with E-state index in [2.05, 4.69) is 5.32 Å². The Kier molecular flexibility index (Phi) is 4.16. The summed E-state index contributed by atoms with van der Waals surface area (Å²) >= 11 is 0. The fourth-order valence-electron chi connectivity index (χ4n) is 2.37.